The zero-order valence-corrected chi connectivity index (χ0v) is 16.2. The average molecular weight is 359 g/mol. The fourth-order valence-corrected chi connectivity index (χ4v) is 2.92. The molecule has 4 heteroatoms. The van der Waals surface area contributed by atoms with E-state index in [9.17, 15) is 5.26 Å². The van der Waals surface area contributed by atoms with E-state index in [1.165, 1.54) is 24.0 Å². The molecule has 1 aromatic heterocycles. The van der Waals surface area contributed by atoms with Gasteiger partial charge in [0.2, 0.25) is 0 Å². The van der Waals surface area contributed by atoms with Crippen molar-refractivity contribution in [1.82, 2.24) is 9.97 Å². The molecule has 1 N–H and O–H groups in total. The van der Waals surface area contributed by atoms with E-state index in [1.807, 2.05) is 36.4 Å². The van der Waals surface area contributed by atoms with Crippen LogP contribution in [0.5, 0.6) is 5.75 Å². The minimum Gasteiger partial charge on any atom is -0.494 e. The molecule has 0 saturated heterocycles. The van der Waals surface area contributed by atoms with E-state index < -0.39 is 0 Å². The van der Waals surface area contributed by atoms with Crippen LogP contribution in [0.4, 0.5) is 0 Å². The van der Waals surface area contributed by atoms with Crippen molar-refractivity contribution in [3.05, 3.63) is 58.9 Å². The summed E-state index contributed by atoms with van der Waals surface area (Å²) < 4.78 is 5.74. The molecular formula is C23H25N3O. The van der Waals surface area contributed by atoms with Gasteiger partial charge in [-0.3, -0.25) is 0 Å². The van der Waals surface area contributed by atoms with E-state index in [1.54, 1.807) is 0 Å². The zero-order valence-electron chi connectivity index (χ0n) is 16.2. The smallest absolute Gasteiger partial charge is 0.149 e. The van der Waals surface area contributed by atoms with Gasteiger partial charge in [-0.15, -0.1) is 0 Å². The molecule has 2 aromatic carbocycles. The van der Waals surface area contributed by atoms with Crippen molar-refractivity contribution >= 4 is 22.7 Å². The monoisotopic (exact) mass is 359 g/mol. The van der Waals surface area contributed by atoms with Gasteiger partial charge in [-0.1, -0.05) is 31.9 Å². The van der Waals surface area contributed by atoms with Crippen molar-refractivity contribution in [3.8, 4) is 11.8 Å². The number of aromatic amines is 1. The molecule has 0 bridgehead atoms. The lowest BCUT2D eigenvalue weighted by Gasteiger charge is -2.05. The van der Waals surface area contributed by atoms with Crippen molar-refractivity contribution in [2.75, 3.05) is 6.61 Å². The highest BCUT2D eigenvalue weighted by Crippen LogP contribution is 2.22. The largest absolute Gasteiger partial charge is 0.494 e. The van der Waals surface area contributed by atoms with Crippen molar-refractivity contribution in [1.29, 1.82) is 5.26 Å². The molecule has 4 nitrogen and oxygen atoms in total. The summed E-state index contributed by atoms with van der Waals surface area (Å²) in [5, 5.41) is 9.59. The van der Waals surface area contributed by atoms with Crippen LogP contribution in [-0.4, -0.2) is 16.6 Å². The second-order valence-corrected chi connectivity index (χ2v) is 6.83. The van der Waals surface area contributed by atoms with Crippen LogP contribution < -0.4 is 4.74 Å². The Morgan fingerprint density at radius 3 is 2.59 bits per heavy atom. The first-order valence-electron chi connectivity index (χ1n) is 9.42. The number of imidazole rings is 1. The quantitative estimate of drug-likeness (QED) is 0.427. The number of rotatable bonds is 7. The van der Waals surface area contributed by atoms with E-state index in [2.05, 4.69) is 42.9 Å². The summed E-state index contributed by atoms with van der Waals surface area (Å²) in [5.41, 5.74) is 5.68. The van der Waals surface area contributed by atoms with Gasteiger partial charge in [0.1, 0.15) is 17.6 Å². The second kappa shape index (κ2) is 8.55. The lowest BCUT2D eigenvalue weighted by Crippen LogP contribution is -1.96. The molecule has 3 rings (SSSR count). The Labute approximate surface area is 160 Å². The average Bonchev–Trinajstić information content (AvgIpc) is 3.07. The van der Waals surface area contributed by atoms with E-state index in [4.69, 9.17) is 4.74 Å². The maximum Gasteiger partial charge on any atom is 0.149 e. The number of unbranched alkanes of at least 4 members (excludes halogenated alkanes) is 2. The first-order valence-corrected chi connectivity index (χ1v) is 9.42. The minimum absolute atomic E-state index is 0.512. The number of aromatic nitrogens is 2. The van der Waals surface area contributed by atoms with Crippen LogP contribution in [0.15, 0.2) is 36.4 Å². The SMILES string of the molecule is CCCCCOc1ccc(/C=C(/C#N)c2nc3cc(C)c(C)cc3[nH]2)cc1. The Morgan fingerprint density at radius 2 is 1.89 bits per heavy atom. The Balaban J connectivity index is 1.79. The predicted molar refractivity (Wildman–Crippen MR) is 111 cm³/mol. The summed E-state index contributed by atoms with van der Waals surface area (Å²) in [6, 6.07) is 14.2. The molecule has 138 valence electrons. The van der Waals surface area contributed by atoms with E-state index >= 15 is 0 Å². The first-order chi connectivity index (χ1) is 13.1. The molecule has 0 aliphatic carbocycles. The molecule has 3 aromatic rings. The Hall–Kier alpha value is -3.06. The third kappa shape index (κ3) is 4.57. The topological polar surface area (TPSA) is 61.7 Å². The summed E-state index contributed by atoms with van der Waals surface area (Å²) in [5.74, 6) is 1.45. The molecular weight excluding hydrogens is 334 g/mol. The van der Waals surface area contributed by atoms with Crippen molar-refractivity contribution in [3.63, 3.8) is 0 Å². The molecule has 0 spiro atoms. The predicted octanol–water partition coefficient (Wildman–Crippen LogP) is 5.81. The molecule has 0 fully saturated rings. The number of aryl methyl sites for hydroxylation is 2. The first kappa shape index (κ1) is 18.7. The lowest BCUT2D eigenvalue weighted by atomic mass is 10.1. The molecule has 0 radical (unpaired) electrons. The number of H-pyrrole nitrogens is 1. The van der Waals surface area contributed by atoms with Crippen LogP contribution in [0.3, 0.4) is 0 Å². The van der Waals surface area contributed by atoms with Crippen LogP contribution in [-0.2, 0) is 0 Å². The van der Waals surface area contributed by atoms with Gasteiger partial charge >= 0.3 is 0 Å². The van der Waals surface area contributed by atoms with Crippen molar-refractivity contribution in [2.24, 2.45) is 0 Å². The number of benzene rings is 2. The molecule has 0 saturated carbocycles. The number of ether oxygens (including phenoxy) is 1. The maximum absolute atomic E-state index is 9.59. The second-order valence-electron chi connectivity index (χ2n) is 6.83. The van der Waals surface area contributed by atoms with Gasteiger partial charge in [-0.2, -0.15) is 5.26 Å². The summed E-state index contributed by atoms with van der Waals surface area (Å²) in [7, 11) is 0. The lowest BCUT2D eigenvalue weighted by molar-refractivity contribution is 0.306. The standard InChI is InChI=1S/C23H25N3O/c1-4-5-6-11-27-20-9-7-18(8-10-20)14-19(15-24)23-25-21-12-16(2)17(3)13-22(21)26-23/h7-10,12-14H,4-6,11H2,1-3H3,(H,25,26)/b19-14-. The van der Waals surface area contributed by atoms with Gasteiger partial charge in [-0.05, 0) is 67.3 Å². The Bertz CT molecular complexity index is 952. The summed E-state index contributed by atoms with van der Waals surface area (Å²) in [4.78, 5) is 7.85. The number of nitrogens with one attached hydrogen (secondary N) is 1. The van der Waals surface area contributed by atoms with Gasteiger partial charge < -0.3 is 9.72 Å². The Morgan fingerprint density at radius 1 is 1.15 bits per heavy atom. The maximum atomic E-state index is 9.59. The molecule has 27 heavy (non-hydrogen) atoms. The van der Waals surface area contributed by atoms with Crippen LogP contribution in [0, 0.1) is 25.2 Å². The number of hydrogen-bond acceptors (Lipinski definition) is 3. The van der Waals surface area contributed by atoms with Crippen LogP contribution in [0.1, 0.15) is 48.7 Å². The van der Waals surface area contributed by atoms with Gasteiger partial charge in [-0.25, -0.2) is 4.98 Å². The fraction of sp³-hybridized carbons (Fsp3) is 0.304. The van der Waals surface area contributed by atoms with Gasteiger partial charge in [0.05, 0.1) is 23.2 Å². The molecule has 0 atom stereocenters. The van der Waals surface area contributed by atoms with Gasteiger partial charge in [0, 0.05) is 0 Å². The minimum atomic E-state index is 0.512. The molecule has 0 unspecified atom stereocenters. The van der Waals surface area contributed by atoms with Crippen LogP contribution in [0.25, 0.3) is 22.7 Å². The number of hydrogen-bond donors (Lipinski definition) is 1. The van der Waals surface area contributed by atoms with Crippen molar-refractivity contribution < 1.29 is 4.74 Å². The number of fused-ring (bicyclic) bond motifs is 1. The number of nitriles is 1. The third-order valence-corrected chi connectivity index (χ3v) is 4.68. The van der Waals surface area contributed by atoms with Gasteiger partial charge in [0.25, 0.3) is 0 Å². The van der Waals surface area contributed by atoms with E-state index in [-0.39, 0.29) is 0 Å². The fourth-order valence-electron chi connectivity index (χ4n) is 2.92. The van der Waals surface area contributed by atoms with Crippen LogP contribution in [0.2, 0.25) is 0 Å². The normalized spacial score (nSPS) is 11.6. The third-order valence-electron chi connectivity index (χ3n) is 4.68. The molecule has 0 aliphatic heterocycles. The van der Waals surface area contributed by atoms with Gasteiger partial charge in [0.15, 0.2) is 0 Å². The summed E-state index contributed by atoms with van der Waals surface area (Å²) in [6.07, 6.45) is 5.29. The molecule has 0 amide bonds. The van der Waals surface area contributed by atoms with E-state index in [0.717, 1.165) is 35.4 Å². The highest BCUT2D eigenvalue weighted by atomic mass is 16.5. The molecule has 1 heterocycles. The van der Waals surface area contributed by atoms with Crippen LogP contribution >= 0.6 is 0 Å². The molecule has 0 aliphatic rings. The van der Waals surface area contributed by atoms with Crippen molar-refractivity contribution in [2.45, 2.75) is 40.0 Å². The highest BCUT2D eigenvalue weighted by Gasteiger charge is 2.09. The van der Waals surface area contributed by atoms with E-state index in [0.29, 0.717) is 11.4 Å². The summed E-state index contributed by atoms with van der Waals surface area (Å²) in [6.45, 7) is 7.06. The number of nitrogens with zero attached hydrogens (tertiary/aromatic N) is 2. The zero-order chi connectivity index (χ0) is 19.2. The highest BCUT2D eigenvalue weighted by molar-refractivity contribution is 5.90. The summed E-state index contributed by atoms with van der Waals surface area (Å²) >= 11 is 0. The Kier molecular flexibility index (Phi) is 5.93. The number of allylic oxidation sites excluding steroid dienone is 1.